The number of aryl methyl sites for hydroxylation is 1. The van der Waals surface area contributed by atoms with Crippen LogP contribution in [0.1, 0.15) is 11.1 Å². The van der Waals surface area contributed by atoms with Crippen LogP contribution in [-0.4, -0.2) is 17.0 Å². The highest BCUT2D eigenvalue weighted by Gasteiger charge is 2.08. The van der Waals surface area contributed by atoms with E-state index in [0.717, 1.165) is 5.56 Å². The first-order valence-electron chi connectivity index (χ1n) is 6.26. The molecule has 19 heavy (non-hydrogen) atoms. The quantitative estimate of drug-likeness (QED) is 0.838. The molecule has 2 aromatic carbocycles. The van der Waals surface area contributed by atoms with Crippen molar-refractivity contribution in [1.29, 1.82) is 0 Å². The van der Waals surface area contributed by atoms with Crippen LogP contribution in [0, 0.1) is 12.7 Å². The molecule has 2 aromatic rings. The molecule has 1 unspecified atom stereocenters. The first-order valence-corrected chi connectivity index (χ1v) is 7.24. The lowest BCUT2D eigenvalue weighted by molar-refractivity contribution is 0.200. The zero-order valence-electron chi connectivity index (χ0n) is 10.8. The molecule has 0 heterocycles. The summed E-state index contributed by atoms with van der Waals surface area (Å²) in [5.41, 5.74) is 2.31. The summed E-state index contributed by atoms with van der Waals surface area (Å²) >= 11 is 1.35. The number of hydrogen-bond acceptors (Lipinski definition) is 2. The van der Waals surface area contributed by atoms with E-state index >= 15 is 0 Å². The third-order valence-electron chi connectivity index (χ3n) is 2.86. The third-order valence-corrected chi connectivity index (χ3v) is 4.05. The highest BCUT2D eigenvalue weighted by molar-refractivity contribution is 7.99. The summed E-state index contributed by atoms with van der Waals surface area (Å²) in [5.74, 6) is 0.268. The average Bonchev–Trinajstić information content (AvgIpc) is 2.40. The van der Waals surface area contributed by atoms with E-state index in [0.29, 0.717) is 17.1 Å². The maximum atomic E-state index is 13.4. The van der Waals surface area contributed by atoms with Gasteiger partial charge in [-0.2, -0.15) is 0 Å². The smallest absolute Gasteiger partial charge is 0.136 e. The lowest BCUT2D eigenvalue weighted by Gasteiger charge is -2.11. The fraction of sp³-hybridized carbons (Fsp3) is 0.250. The van der Waals surface area contributed by atoms with Crippen LogP contribution in [0.5, 0.6) is 0 Å². The van der Waals surface area contributed by atoms with E-state index in [9.17, 15) is 9.50 Å². The van der Waals surface area contributed by atoms with Crippen LogP contribution in [0.15, 0.2) is 53.4 Å². The van der Waals surface area contributed by atoms with Crippen molar-refractivity contribution in [2.24, 2.45) is 0 Å². The van der Waals surface area contributed by atoms with Gasteiger partial charge in [-0.1, -0.05) is 42.0 Å². The maximum absolute atomic E-state index is 13.4. The summed E-state index contributed by atoms with van der Waals surface area (Å²) in [5, 5.41) is 9.98. The van der Waals surface area contributed by atoms with Crippen LogP contribution in [0.2, 0.25) is 0 Å². The van der Waals surface area contributed by atoms with E-state index in [-0.39, 0.29) is 5.82 Å². The van der Waals surface area contributed by atoms with Gasteiger partial charge in [0.15, 0.2) is 0 Å². The summed E-state index contributed by atoms with van der Waals surface area (Å²) in [4.78, 5) is 0.588. The number of hydrogen-bond donors (Lipinski definition) is 1. The van der Waals surface area contributed by atoms with E-state index in [1.54, 1.807) is 18.2 Å². The minimum atomic E-state index is -0.465. The van der Waals surface area contributed by atoms with Crippen molar-refractivity contribution in [2.45, 2.75) is 24.3 Å². The summed E-state index contributed by atoms with van der Waals surface area (Å²) in [7, 11) is 0. The van der Waals surface area contributed by atoms with E-state index in [2.05, 4.69) is 0 Å². The second kappa shape index (κ2) is 6.73. The molecule has 2 rings (SSSR count). The normalized spacial score (nSPS) is 12.4. The number of halogens is 1. The first kappa shape index (κ1) is 14.1. The van der Waals surface area contributed by atoms with Gasteiger partial charge < -0.3 is 5.11 Å². The van der Waals surface area contributed by atoms with Gasteiger partial charge in [-0.25, -0.2) is 4.39 Å². The summed E-state index contributed by atoms with van der Waals surface area (Å²) in [6, 6.07) is 14.8. The Bertz CT molecular complexity index is 525. The van der Waals surface area contributed by atoms with Gasteiger partial charge in [-0.3, -0.25) is 0 Å². The van der Waals surface area contributed by atoms with Gasteiger partial charge in [-0.05, 0) is 31.0 Å². The standard InChI is InChI=1S/C16H17FOS/c1-12-6-8-13(9-7-12)10-14(18)11-19-16-5-3-2-4-15(16)17/h2-9,14,18H,10-11H2,1H3. The molecule has 0 spiro atoms. The number of rotatable bonds is 5. The second-order valence-electron chi connectivity index (χ2n) is 4.58. The highest BCUT2D eigenvalue weighted by atomic mass is 32.2. The molecule has 100 valence electrons. The molecule has 0 aliphatic carbocycles. The zero-order chi connectivity index (χ0) is 13.7. The van der Waals surface area contributed by atoms with Gasteiger partial charge in [0.1, 0.15) is 5.82 Å². The van der Waals surface area contributed by atoms with Crippen molar-refractivity contribution < 1.29 is 9.50 Å². The Morgan fingerprint density at radius 1 is 1.11 bits per heavy atom. The van der Waals surface area contributed by atoms with Crippen molar-refractivity contribution in [3.05, 3.63) is 65.5 Å². The molecular weight excluding hydrogens is 259 g/mol. The van der Waals surface area contributed by atoms with Gasteiger partial charge in [0.25, 0.3) is 0 Å². The van der Waals surface area contributed by atoms with Crippen LogP contribution in [0.4, 0.5) is 4.39 Å². The molecule has 0 saturated heterocycles. The summed E-state index contributed by atoms with van der Waals surface area (Å²) in [6.07, 6.45) is 0.133. The van der Waals surface area contributed by atoms with Crippen LogP contribution in [0.3, 0.4) is 0 Å². The third kappa shape index (κ3) is 4.37. The van der Waals surface area contributed by atoms with E-state index < -0.39 is 6.10 Å². The number of benzene rings is 2. The van der Waals surface area contributed by atoms with Crippen LogP contribution < -0.4 is 0 Å². The van der Waals surface area contributed by atoms with Crippen LogP contribution in [0.25, 0.3) is 0 Å². The summed E-state index contributed by atoms with van der Waals surface area (Å²) < 4.78 is 13.4. The Balaban J connectivity index is 1.86. The largest absolute Gasteiger partial charge is 0.392 e. The Kier molecular flexibility index (Phi) is 5.00. The SMILES string of the molecule is Cc1ccc(CC(O)CSc2ccccc2F)cc1. The highest BCUT2D eigenvalue weighted by Crippen LogP contribution is 2.22. The fourth-order valence-corrected chi connectivity index (χ4v) is 2.67. The Morgan fingerprint density at radius 2 is 1.79 bits per heavy atom. The van der Waals surface area contributed by atoms with Crippen molar-refractivity contribution >= 4 is 11.8 Å². The zero-order valence-corrected chi connectivity index (χ0v) is 11.7. The van der Waals surface area contributed by atoms with E-state index in [1.807, 2.05) is 31.2 Å². The van der Waals surface area contributed by atoms with E-state index in [1.165, 1.54) is 23.4 Å². The van der Waals surface area contributed by atoms with Gasteiger partial charge in [-0.15, -0.1) is 11.8 Å². The first-order chi connectivity index (χ1) is 9.15. The molecule has 0 bridgehead atoms. The minimum absolute atomic E-state index is 0.227. The molecular formula is C16H17FOS. The Hall–Kier alpha value is -1.32. The van der Waals surface area contributed by atoms with Crippen LogP contribution in [-0.2, 0) is 6.42 Å². The van der Waals surface area contributed by atoms with Crippen molar-refractivity contribution in [2.75, 3.05) is 5.75 Å². The molecule has 0 aromatic heterocycles. The van der Waals surface area contributed by atoms with Gasteiger partial charge in [0, 0.05) is 10.6 Å². The predicted octanol–water partition coefficient (Wildman–Crippen LogP) is 3.83. The predicted molar refractivity (Wildman–Crippen MR) is 78.0 cm³/mol. The van der Waals surface area contributed by atoms with Crippen molar-refractivity contribution in [1.82, 2.24) is 0 Å². The number of thioether (sulfide) groups is 1. The second-order valence-corrected chi connectivity index (χ2v) is 5.65. The summed E-state index contributed by atoms with van der Waals surface area (Å²) in [6.45, 7) is 2.04. The number of aliphatic hydroxyl groups excluding tert-OH is 1. The van der Waals surface area contributed by atoms with Gasteiger partial charge in [0.2, 0.25) is 0 Å². The van der Waals surface area contributed by atoms with Crippen molar-refractivity contribution in [3.63, 3.8) is 0 Å². The Labute approximate surface area is 117 Å². The molecule has 0 aliphatic rings. The van der Waals surface area contributed by atoms with Crippen LogP contribution >= 0.6 is 11.8 Å². The Morgan fingerprint density at radius 3 is 2.47 bits per heavy atom. The molecule has 0 fully saturated rings. The molecule has 1 atom stereocenters. The number of aliphatic hydroxyl groups is 1. The molecule has 0 radical (unpaired) electrons. The lowest BCUT2D eigenvalue weighted by Crippen LogP contribution is -2.13. The molecule has 0 saturated carbocycles. The minimum Gasteiger partial charge on any atom is -0.392 e. The average molecular weight is 276 g/mol. The van der Waals surface area contributed by atoms with Gasteiger partial charge in [0.05, 0.1) is 6.10 Å². The monoisotopic (exact) mass is 276 g/mol. The van der Waals surface area contributed by atoms with E-state index in [4.69, 9.17) is 0 Å². The van der Waals surface area contributed by atoms with Gasteiger partial charge >= 0.3 is 0 Å². The maximum Gasteiger partial charge on any atom is 0.136 e. The molecule has 0 amide bonds. The molecule has 0 aliphatic heterocycles. The topological polar surface area (TPSA) is 20.2 Å². The molecule has 3 heteroatoms. The molecule has 1 nitrogen and oxygen atoms in total. The lowest BCUT2D eigenvalue weighted by atomic mass is 10.1. The fourth-order valence-electron chi connectivity index (χ4n) is 1.80. The molecule has 1 N–H and O–H groups in total. The van der Waals surface area contributed by atoms with Crippen molar-refractivity contribution in [3.8, 4) is 0 Å².